The molecule has 8 nitrogen and oxygen atoms in total. The maximum absolute atomic E-state index is 12.5. The molecule has 0 radical (unpaired) electrons. The van der Waals surface area contributed by atoms with Crippen molar-refractivity contribution in [3.63, 3.8) is 0 Å². The van der Waals surface area contributed by atoms with Gasteiger partial charge in [0.25, 0.3) is 5.91 Å². The van der Waals surface area contributed by atoms with Crippen molar-refractivity contribution in [1.29, 1.82) is 0 Å². The molecule has 1 aromatic carbocycles. The van der Waals surface area contributed by atoms with E-state index in [9.17, 15) is 24.3 Å². The van der Waals surface area contributed by atoms with Crippen LogP contribution in [0.1, 0.15) is 43.6 Å². The molecule has 2 heterocycles. The molecule has 3 atom stereocenters. The van der Waals surface area contributed by atoms with Gasteiger partial charge in [0.05, 0.1) is 6.04 Å². The Labute approximate surface area is 157 Å². The lowest BCUT2D eigenvalue weighted by atomic mass is 9.86. The average Bonchev–Trinajstić information content (AvgIpc) is 2.95. The molecule has 8 heteroatoms. The number of benzene rings is 1. The van der Waals surface area contributed by atoms with E-state index in [1.54, 1.807) is 12.1 Å². The van der Waals surface area contributed by atoms with Gasteiger partial charge in [-0.25, -0.2) is 4.79 Å². The lowest BCUT2D eigenvalue weighted by Crippen LogP contribution is -2.71. The Balaban J connectivity index is 1.72. The number of hydrogen-bond acceptors (Lipinski definition) is 4. The van der Waals surface area contributed by atoms with Crippen LogP contribution in [0.4, 0.5) is 0 Å². The lowest BCUT2D eigenvalue weighted by molar-refractivity contribution is -0.164. The number of carbonyl (C=O) groups is 4. The first-order valence-electron chi connectivity index (χ1n) is 8.76. The zero-order chi connectivity index (χ0) is 20.1. The molecule has 2 saturated heterocycles. The normalized spacial score (nSPS) is 24.3. The van der Waals surface area contributed by atoms with Crippen LogP contribution in [0, 0.1) is 0 Å². The number of nitrogens with zero attached hydrogens (tertiary/aromatic N) is 2. The minimum Gasteiger partial charge on any atom is -0.478 e. The molecule has 27 heavy (non-hydrogen) atoms. The Morgan fingerprint density at radius 2 is 1.74 bits per heavy atom. The van der Waals surface area contributed by atoms with Crippen LogP contribution in [0.2, 0.25) is 0 Å². The van der Waals surface area contributed by atoms with Gasteiger partial charge in [-0.3, -0.25) is 14.4 Å². The SMILES string of the molecule is CC(=O)N1CC2[C@H](NC(=O)c3ccc(C(C)(C)C)cc3)C(=O)N2C1C(=O)O. The quantitative estimate of drug-likeness (QED) is 0.753. The van der Waals surface area contributed by atoms with E-state index < -0.39 is 41.9 Å². The van der Waals surface area contributed by atoms with E-state index in [0.29, 0.717) is 5.56 Å². The molecule has 1 aromatic rings. The van der Waals surface area contributed by atoms with Crippen molar-refractivity contribution in [2.24, 2.45) is 0 Å². The smallest absolute Gasteiger partial charge is 0.347 e. The number of amides is 3. The van der Waals surface area contributed by atoms with E-state index in [1.807, 2.05) is 12.1 Å². The molecular formula is C19H23N3O5. The molecule has 3 rings (SSSR count). The zero-order valence-electron chi connectivity index (χ0n) is 15.7. The van der Waals surface area contributed by atoms with Gasteiger partial charge in [0.2, 0.25) is 18.0 Å². The summed E-state index contributed by atoms with van der Waals surface area (Å²) < 4.78 is 0. The fourth-order valence-electron chi connectivity index (χ4n) is 3.57. The summed E-state index contributed by atoms with van der Waals surface area (Å²) >= 11 is 0. The molecule has 144 valence electrons. The largest absolute Gasteiger partial charge is 0.478 e. The maximum Gasteiger partial charge on any atom is 0.347 e. The van der Waals surface area contributed by atoms with Crippen molar-refractivity contribution < 1.29 is 24.3 Å². The van der Waals surface area contributed by atoms with Crippen molar-refractivity contribution in [1.82, 2.24) is 15.1 Å². The molecule has 2 fully saturated rings. The van der Waals surface area contributed by atoms with Crippen LogP contribution in [0.25, 0.3) is 0 Å². The Hall–Kier alpha value is -2.90. The summed E-state index contributed by atoms with van der Waals surface area (Å²) in [5, 5.41) is 12.0. The summed E-state index contributed by atoms with van der Waals surface area (Å²) in [5.41, 5.74) is 1.47. The first kappa shape index (κ1) is 18.9. The van der Waals surface area contributed by atoms with E-state index in [-0.39, 0.29) is 12.0 Å². The molecule has 2 aliphatic heterocycles. The number of carboxylic acid groups (broad SMARTS) is 1. The minimum atomic E-state index is -1.31. The summed E-state index contributed by atoms with van der Waals surface area (Å²) in [6.45, 7) is 7.57. The average molecular weight is 373 g/mol. The standard InChI is InChI=1S/C19H23N3O5/c1-10(23)21-9-13-14(17(25)22(13)16(21)18(26)27)20-15(24)11-5-7-12(8-6-11)19(2,3)4/h5-8,13-14,16H,9H2,1-4H3,(H,20,24)(H,26,27)/t13?,14-,16?/m0/s1. The molecule has 2 unspecified atom stereocenters. The van der Waals surface area contributed by atoms with E-state index in [0.717, 1.165) is 15.4 Å². The fraction of sp³-hybridized carbons (Fsp3) is 0.474. The van der Waals surface area contributed by atoms with Crippen LogP contribution in [0.3, 0.4) is 0 Å². The molecule has 2 N–H and O–H groups in total. The van der Waals surface area contributed by atoms with Gasteiger partial charge in [-0.05, 0) is 23.1 Å². The molecule has 0 aliphatic carbocycles. The number of carbonyl (C=O) groups excluding carboxylic acids is 3. The Kier molecular flexibility index (Phi) is 4.45. The van der Waals surface area contributed by atoms with Crippen molar-refractivity contribution in [3.05, 3.63) is 35.4 Å². The van der Waals surface area contributed by atoms with Gasteiger partial charge in [-0.2, -0.15) is 0 Å². The second kappa shape index (κ2) is 6.37. The first-order valence-corrected chi connectivity index (χ1v) is 8.76. The molecule has 0 aromatic heterocycles. The number of carboxylic acids is 1. The van der Waals surface area contributed by atoms with Gasteiger partial charge in [-0.1, -0.05) is 32.9 Å². The molecule has 0 saturated carbocycles. The summed E-state index contributed by atoms with van der Waals surface area (Å²) in [7, 11) is 0. The third kappa shape index (κ3) is 3.15. The maximum atomic E-state index is 12.5. The van der Waals surface area contributed by atoms with Crippen LogP contribution in [0.15, 0.2) is 24.3 Å². The Morgan fingerprint density at radius 1 is 1.15 bits per heavy atom. The van der Waals surface area contributed by atoms with Crippen LogP contribution in [-0.2, 0) is 19.8 Å². The van der Waals surface area contributed by atoms with Crippen LogP contribution >= 0.6 is 0 Å². The highest BCUT2D eigenvalue weighted by Gasteiger charge is 2.60. The highest BCUT2D eigenvalue weighted by Crippen LogP contribution is 2.33. The number of aliphatic carboxylic acids is 1. The van der Waals surface area contributed by atoms with Crippen LogP contribution in [-0.4, -0.2) is 63.4 Å². The number of nitrogens with one attached hydrogen (secondary N) is 1. The second-order valence-electron chi connectivity index (χ2n) is 7.97. The van der Waals surface area contributed by atoms with Crippen molar-refractivity contribution >= 4 is 23.7 Å². The van der Waals surface area contributed by atoms with Gasteiger partial charge in [0.1, 0.15) is 6.04 Å². The van der Waals surface area contributed by atoms with Crippen molar-refractivity contribution in [3.8, 4) is 0 Å². The summed E-state index contributed by atoms with van der Waals surface area (Å²) in [5.74, 6) is -2.58. The minimum absolute atomic E-state index is 0.0364. The lowest BCUT2D eigenvalue weighted by Gasteiger charge is -2.43. The third-order valence-corrected chi connectivity index (χ3v) is 5.13. The van der Waals surface area contributed by atoms with Crippen LogP contribution in [0.5, 0.6) is 0 Å². The van der Waals surface area contributed by atoms with E-state index in [4.69, 9.17) is 0 Å². The predicted molar refractivity (Wildman–Crippen MR) is 95.8 cm³/mol. The molecule has 2 aliphatic rings. The van der Waals surface area contributed by atoms with Gasteiger partial charge in [-0.15, -0.1) is 0 Å². The second-order valence-corrected chi connectivity index (χ2v) is 7.97. The van der Waals surface area contributed by atoms with E-state index >= 15 is 0 Å². The Morgan fingerprint density at radius 3 is 2.22 bits per heavy atom. The zero-order valence-corrected chi connectivity index (χ0v) is 15.7. The number of hydrogen-bond donors (Lipinski definition) is 2. The van der Waals surface area contributed by atoms with Crippen LogP contribution < -0.4 is 5.32 Å². The molecule has 0 spiro atoms. The summed E-state index contributed by atoms with van der Waals surface area (Å²) in [6, 6.07) is 5.79. The topological polar surface area (TPSA) is 107 Å². The fourth-order valence-corrected chi connectivity index (χ4v) is 3.57. The monoisotopic (exact) mass is 373 g/mol. The van der Waals surface area contributed by atoms with E-state index in [1.165, 1.54) is 6.92 Å². The van der Waals surface area contributed by atoms with Gasteiger partial charge >= 0.3 is 5.97 Å². The first-order chi connectivity index (χ1) is 12.5. The van der Waals surface area contributed by atoms with Gasteiger partial charge in [0, 0.05) is 19.0 Å². The molecule has 3 amide bonds. The summed E-state index contributed by atoms with van der Waals surface area (Å²) in [4.78, 5) is 50.3. The highest BCUT2D eigenvalue weighted by molar-refractivity contribution is 6.02. The highest BCUT2D eigenvalue weighted by atomic mass is 16.4. The van der Waals surface area contributed by atoms with Crippen molar-refractivity contribution in [2.75, 3.05) is 6.54 Å². The van der Waals surface area contributed by atoms with Gasteiger partial charge in [0.15, 0.2) is 0 Å². The number of rotatable bonds is 3. The van der Waals surface area contributed by atoms with Gasteiger partial charge < -0.3 is 20.2 Å². The number of fused-ring (bicyclic) bond motifs is 1. The Bertz CT molecular complexity index is 812. The predicted octanol–water partition coefficient (Wildman–Crippen LogP) is 0.566. The number of β-lactam (4-membered cyclic amide) rings is 1. The summed E-state index contributed by atoms with van der Waals surface area (Å²) in [6.07, 6.45) is -1.31. The van der Waals surface area contributed by atoms with Crippen molar-refractivity contribution in [2.45, 2.75) is 51.4 Å². The molecular weight excluding hydrogens is 350 g/mol. The third-order valence-electron chi connectivity index (χ3n) is 5.13. The van der Waals surface area contributed by atoms with E-state index in [2.05, 4.69) is 26.1 Å². The molecule has 0 bridgehead atoms.